The Labute approximate surface area is 112 Å². The molecule has 0 N–H and O–H groups in total. The first kappa shape index (κ1) is 12.0. The van der Waals surface area contributed by atoms with Gasteiger partial charge in [0.05, 0.1) is 5.38 Å². The first-order chi connectivity index (χ1) is 7.65. The SMILES string of the molecule is CC(Cl)c1nnc(Cc2cccc(Br)c2)s1. The van der Waals surface area contributed by atoms with Gasteiger partial charge in [0.2, 0.25) is 0 Å². The van der Waals surface area contributed by atoms with E-state index >= 15 is 0 Å². The maximum Gasteiger partial charge on any atom is 0.135 e. The highest BCUT2D eigenvalue weighted by Gasteiger charge is 2.09. The molecule has 1 heterocycles. The Morgan fingerprint density at radius 2 is 2.25 bits per heavy atom. The lowest BCUT2D eigenvalue weighted by molar-refractivity contribution is 0.931. The van der Waals surface area contributed by atoms with Gasteiger partial charge in [-0.15, -0.1) is 21.8 Å². The lowest BCUT2D eigenvalue weighted by atomic mass is 10.2. The summed E-state index contributed by atoms with van der Waals surface area (Å²) in [6, 6.07) is 8.20. The van der Waals surface area contributed by atoms with Crippen LogP contribution in [0.15, 0.2) is 28.7 Å². The van der Waals surface area contributed by atoms with Crippen molar-refractivity contribution in [2.45, 2.75) is 18.7 Å². The van der Waals surface area contributed by atoms with Crippen molar-refractivity contribution in [1.29, 1.82) is 0 Å². The van der Waals surface area contributed by atoms with Crippen molar-refractivity contribution in [3.8, 4) is 0 Å². The number of nitrogens with zero attached hydrogens (tertiary/aromatic N) is 2. The average Bonchev–Trinajstić information content (AvgIpc) is 2.66. The minimum absolute atomic E-state index is 0.0613. The number of halogens is 2. The summed E-state index contributed by atoms with van der Waals surface area (Å²) in [5, 5.41) is 10.0. The van der Waals surface area contributed by atoms with E-state index in [4.69, 9.17) is 11.6 Å². The van der Waals surface area contributed by atoms with Gasteiger partial charge in [-0.05, 0) is 24.6 Å². The van der Waals surface area contributed by atoms with E-state index in [-0.39, 0.29) is 5.38 Å². The van der Waals surface area contributed by atoms with Gasteiger partial charge in [-0.3, -0.25) is 0 Å². The molecule has 1 aromatic heterocycles. The van der Waals surface area contributed by atoms with Crippen molar-refractivity contribution in [3.05, 3.63) is 44.3 Å². The normalized spacial score (nSPS) is 12.7. The maximum atomic E-state index is 5.95. The summed E-state index contributed by atoms with van der Waals surface area (Å²) in [6.07, 6.45) is 0.806. The Morgan fingerprint density at radius 3 is 2.88 bits per heavy atom. The lowest BCUT2D eigenvalue weighted by Crippen LogP contribution is -1.86. The zero-order valence-electron chi connectivity index (χ0n) is 8.65. The minimum Gasteiger partial charge on any atom is -0.143 e. The van der Waals surface area contributed by atoms with Gasteiger partial charge in [-0.25, -0.2) is 0 Å². The summed E-state index contributed by atoms with van der Waals surface area (Å²) in [6.45, 7) is 1.91. The second kappa shape index (κ2) is 5.25. The third-order valence-electron chi connectivity index (χ3n) is 2.07. The van der Waals surface area contributed by atoms with Crippen LogP contribution in [-0.2, 0) is 6.42 Å². The van der Waals surface area contributed by atoms with Crippen LogP contribution in [0.5, 0.6) is 0 Å². The van der Waals surface area contributed by atoms with Gasteiger partial charge in [0.1, 0.15) is 10.0 Å². The first-order valence-electron chi connectivity index (χ1n) is 4.86. The van der Waals surface area contributed by atoms with Crippen molar-refractivity contribution >= 4 is 38.9 Å². The zero-order valence-corrected chi connectivity index (χ0v) is 11.8. The van der Waals surface area contributed by atoms with E-state index in [9.17, 15) is 0 Å². The van der Waals surface area contributed by atoms with E-state index in [1.54, 1.807) is 11.3 Å². The van der Waals surface area contributed by atoms with Crippen molar-refractivity contribution in [3.63, 3.8) is 0 Å². The number of rotatable bonds is 3. The van der Waals surface area contributed by atoms with Crippen molar-refractivity contribution < 1.29 is 0 Å². The van der Waals surface area contributed by atoms with Gasteiger partial charge in [0.15, 0.2) is 0 Å². The van der Waals surface area contributed by atoms with Gasteiger partial charge in [-0.2, -0.15) is 0 Å². The van der Waals surface area contributed by atoms with Gasteiger partial charge >= 0.3 is 0 Å². The van der Waals surface area contributed by atoms with Gasteiger partial charge < -0.3 is 0 Å². The summed E-state index contributed by atoms with van der Waals surface area (Å²) in [4.78, 5) is 0. The highest BCUT2D eigenvalue weighted by molar-refractivity contribution is 9.10. The van der Waals surface area contributed by atoms with Crippen LogP contribution in [0.4, 0.5) is 0 Å². The molecular weight excluding hydrogens is 308 g/mol. The zero-order chi connectivity index (χ0) is 11.5. The molecule has 2 rings (SSSR count). The highest BCUT2D eigenvalue weighted by atomic mass is 79.9. The van der Waals surface area contributed by atoms with Crippen LogP contribution in [-0.4, -0.2) is 10.2 Å². The first-order valence-corrected chi connectivity index (χ1v) is 6.90. The Hall–Kier alpha value is -0.450. The molecular formula is C11H10BrClN2S. The standard InChI is InChI=1S/C11H10BrClN2S/c1-7(13)11-15-14-10(16-11)6-8-3-2-4-9(12)5-8/h2-5,7H,6H2,1H3. The van der Waals surface area contributed by atoms with Crippen LogP contribution in [0, 0.1) is 0 Å². The molecule has 1 unspecified atom stereocenters. The summed E-state index contributed by atoms with van der Waals surface area (Å²) in [5.41, 5.74) is 1.22. The van der Waals surface area contributed by atoms with E-state index in [1.807, 2.05) is 19.1 Å². The smallest absolute Gasteiger partial charge is 0.135 e. The molecule has 0 amide bonds. The van der Waals surface area contributed by atoms with Crippen LogP contribution in [0.3, 0.4) is 0 Å². The fraction of sp³-hybridized carbons (Fsp3) is 0.273. The molecule has 0 saturated carbocycles. The summed E-state index contributed by atoms with van der Waals surface area (Å²) >= 11 is 11.0. The molecule has 16 heavy (non-hydrogen) atoms. The summed E-state index contributed by atoms with van der Waals surface area (Å²) in [5.74, 6) is 0. The fourth-order valence-electron chi connectivity index (χ4n) is 1.32. The van der Waals surface area contributed by atoms with Crippen LogP contribution in [0.1, 0.15) is 27.9 Å². The van der Waals surface area contributed by atoms with Gasteiger partial charge in [-0.1, -0.05) is 39.4 Å². The Kier molecular flexibility index (Phi) is 3.95. The van der Waals surface area contributed by atoms with Crippen molar-refractivity contribution in [1.82, 2.24) is 10.2 Å². The van der Waals surface area contributed by atoms with Crippen LogP contribution < -0.4 is 0 Å². The third kappa shape index (κ3) is 3.03. The average molecular weight is 318 g/mol. The monoisotopic (exact) mass is 316 g/mol. The molecule has 1 aromatic carbocycles. The lowest BCUT2D eigenvalue weighted by Gasteiger charge is -1.97. The van der Waals surface area contributed by atoms with E-state index in [0.717, 1.165) is 20.9 Å². The maximum absolute atomic E-state index is 5.95. The van der Waals surface area contributed by atoms with Crippen molar-refractivity contribution in [2.24, 2.45) is 0 Å². The largest absolute Gasteiger partial charge is 0.143 e. The van der Waals surface area contributed by atoms with E-state index in [0.29, 0.717) is 0 Å². The van der Waals surface area contributed by atoms with Crippen molar-refractivity contribution in [2.75, 3.05) is 0 Å². The minimum atomic E-state index is -0.0613. The molecule has 1 atom stereocenters. The molecule has 0 aliphatic carbocycles. The second-order valence-electron chi connectivity index (χ2n) is 3.46. The predicted molar refractivity (Wildman–Crippen MR) is 71.1 cm³/mol. The highest BCUT2D eigenvalue weighted by Crippen LogP contribution is 2.24. The summed E-state index contributed by atoms with van der Waals surface area (Å²) in [7, 11) is 0. The molecule has 2 nitrogen and oxygen atoms in total. The van der Waals surface area contributed by atoms with Crippen LogP contribution >= 0.6 is 38.9 Å². The predicted octanol–water partition coefficient (Wildman–Crippen LogP) is 4.19. The molecule has 0 bridgehead atoms. The quantitative estimate of drug-likeness (QED) is 0.793. The van der Waals surface area contributed by atoms with E-state index in [1.165, 1.54) is 5.56 Å². The molecule has 0 aliphatic rings. The Bertz CT molecular complexity index is 484. The summed E-state index contributed by atoms with van der Waals surface area (Å²) < 4.78 is 1.08. The number of aromatic nitrogens is 2. The van der Waals surface area contributed by atoms with Crippen LogP contribution in [0.2, 0.25) is 0 Å². The molecule has 0 spiro atoms. The molecule has 0 aliphatic heterocycles. The number of alkyl halides is 1. The molecule has 0 saturated heterocycles. The van der Waals surface area contributed by atoms with Crippen LogP contribution in [0.25, 0.3) is 0 Å². The number of hydrogen-bond donors (Lipinski definition) is 0. The Morgan fingerprint density at radius 1 is 1.44 bits per heavy atom. The second-order valence-corrected chi connectivity index (χ2v) is 6.12. The molecule has 84 valence electrons. The van der Waals surface area contributed by atoms with E-state index < -0.39 is 0 Å². The molecule has 5 heteroatoms. The molecule has 0 fully saturated rings. The third-order valence-corrected chi connectivity index (χ3v) is 4.00. The molecule has 2 aromatic rings. The number of benzene rings is 1. The number of hydrogen-bond acceptors (Lipinski definition) is 3. The molecule has 0 radical (unpaired) electrons. The topological polar surface area (TPSA) is 25.8 Å². The fourth-order valence-corrected chi connectivity index (χ4v) is 2.75. The Balaban J connectivity index is 2.14. The van der Waals surface area contributed by atoms with E-state index in [2.05, 4.69) is 38.3 Å². The van der Waals surface area contributed by atoms with Gasteiger partial charge in [0.25, 0.3) is 0 Å². The van der Waals surface area contributed by atoms with Gasteiger partial charge in [0, 0.05) is 10.9 Å².